The van der Waals surface area contributed by atoms with Crippen LogP contribution in [-0.2, 0) is 24.9 Å². The number of nitrogens with zero attached hydrogens (tertiary/aromatic N) is 2. The van der Waals surface area contributed by atoms with Crippen molar-refractivity contribution >= 4 is 40.7 Å². The smallest absolute Gasteiger partial charge is 0.164 e. The molecule has 0 fully saturated rings. The van der Waals surface area contributed by atoms with E-state index in [1.54, 1.807) is 6.33 Å². The number of carbonyl (C=O) groups is 1. The first-order valence-electron chi connectivity index (χ1n) is 15.8. The zero-order valence-corrected chi connectivity index (χ0v) is 32.0. The number of aromatic nitrogens is 2. The van der Waals surface area contributed by atoms with Crippen LogP contribution in [0.15, 0.2) is 60.6 Å². The van der Waals surface area contributed by atoms with Gasteiger partial charge in [0, 0.05) is 42.4 Å². The van der Waals surface area contributed by atoms with E-state index >= 15 is 0 Å². The number of carbonyl (C=O) groups excluding carboxylic acids is 1. The second kappa shape index (κ2) is 15.1. The fourth-order valence-corrected chi connectivity index (χ4v) is 7.05. The van der Waals surface area contributed by atoms with Crippen molar-refractivity contribution in [2.75, 3.05) is 0 Å². The molecule has 1 radical (unpaired) electrons. The SMILES string of the molecule is CCC(C)(CC)C(=O)/C=C(\O)C(C)(CC)CC.Cc1[c-]c(-c2ncnc3c2ccc2cccc([Si](C)(C)C)c23)cc(C)c1.[Ir]. The number of rotatable bonds is 9. The van der Waals surface area contributed by atoms with Gasteiger partial charge in [-0.15, -0.1) is 34.9 Å². The molecule has 0 atom stereocenters. The quantitative estimate of drug-likeness (QED) is 0.0604. The first-order valence-corrected chi connectivity index (χ1v) is 19.3. The zero-order chi connectivity index (χ0) is 32.2. The van der Waals surface area contributed by atoms with Crippen LogP contribution in [0, 0.1) is 30.7 Å². The molecule has 1 heterocycles. The monoisotopic (exact) mass is 788 g/mol. The summed E-state index contributed by atoms with van der Waals surface area (Å²) in [7, 11) is -1.50. The molecule has 3 aromatic carbocycles. The fraction of sp³-hybridized carbons (Fsp3) is 0.447. The van der Waals surface area contributed by atoms with Crippen molar-refractivity contribution in [1.29, 1.82) is 0 Å². The van der Waals surface area contributed by atoms with E-state index in [-0.39, 0.29) is 42.5 Å². The van der Waals surface area contributed by atoms with Crippen molar-refractivity contribution in [3.8, 4) is 11.3 Å². The summed E-state index contributed by atoms with van der Waals surface area (Å²) in [5.41, 5.74) is 4.82. The van der Waals surface area contributed by atoms with E-state index < -0.39 is 8.07 Å². The van der Waals surface area contributed by atoms with Gasteiger partial charge in [-0.2, -0.15) is 0 Å². The molecule has 0 aliphatic rings. The van der Waals surface area contributed by atoms with Crippen molar-refractivity contribution < 1.29 is 30.0 Å². The molecule has 0 saturated heterocycles. The van der Waals surface area contributed by atoms with Crippen molar-refractivity contribution in [2.45, 2.75) is 101 Å². The first kappa shape index (κ1) is 37.5. The van der Waals surface area contributed by atoms with E-state index in [4.69, 9.17) is 4.98 Å². The summed E-state index contributed by atoms with van der Waals surface area (Å²) in [4.78, 5) is 21.5. The van der Waals surface area contributed by atoms with Crippen molar-refractivity contribution in [3.05, 3.63) is 77.8 Å². The third-order valence-electron chi connectivity index (χ3n) is 9.46. The molecule has 0 aliphatic carbocycles. The standard InChI is InChI=1S/C23H23N2Si.C15H28O2.Ir/c1-15-11-16(2)13-18(12-15)22-19-10-9-17-7-6-8-20(26(3,4)5)21(17)23(19)25-14-24-22;1-7-14(5,8-2)12(16)11-13(17)15(6,9-3)10-4;/h6-12,14H,1-5H3;11,16H,7-10H2,1-6H3;/q-1;;/b;12-11-;. The van der Waals surface area contributed by atoms with Gasteiger partial charge in [-0.1, -0.05) is 111 Å². The minimum absolute atomic E-state index is 0. The molecule has 4 rings (SSSR count). The fourth-order valence-electron chi connectivity index (χ4n) is 5.45. The molecule has 1 N–H and O–H groups in total. The Bertz CT molecular complexity index is 1610. The molecule has 6 heteroatoms. The summed E-state index contributed by atoms with van der Waals surface area (Å²) < 4.78 is 0. The van der Waals surface area contributed by atoms with Crippen LogP contribution in [-0.4, -0.2) is 28.9 Å². The maximum absolute atomic E-state index is 12.2. The number of aryl methyl sites for hydroxylation is 2. The number of fused-ring (bicyclic) bond motifs is 3. The van der Waals surface area contributed by atoms with Gasteiger partial charge >= 0.3 is 0 Å². The molecule has 0 spiro atoms. The summed E-state index contributed by atoms with van der Waals surface area (Å²) in [5.74, 6) is 0.286. The van der Waals surface area contributed by atoms with Gasteiger partial charge in [-0.05, 0) is 42.1 Å². The molecule has 0 amide bonds. The number of aliphatic hydroxyl groups is 1. The average Bonchev–Trinajstić information content (AvgIpc) is 2.98. The number of ketones is 1. The number of benzene rings is 3. The van der Waals surface area contributed by atoms with Crippen LogP contribution in [0.25, 0.3) is 32.9 Å². The molecular weight excluding hydrogens is 737 g/mol. The summed E-state index contributed by atoms with van der Waals surface area (Å²) >= 11 is 0. The van der Waals surface area contributed by atoms with Gasteiger partial charge in [0.15, 0.2) is 5.78 Å². The molecule has 0 bridgehead atoms. The Labute approximate surface area is 280 Å². The van der Waals surface area contributed by atoms with Crippen LogP contribution in [0.4, 0.5) is 0 Å². The van der Waals surface area contributed by atoms with E-state index in [1.807, 2.05) is 41.5 Å². The van der Waals surface area contributed by atoms with Gasteiger partial charge in [0.25, 0.3) is 0 Å². The Morgan fingerprint density at radius 2 is 1.52 bits per heavy atom. The van der Waals surface area contributed by atoms with E-state index in [9.17, 15) is 9.90 Å². The number of aliphatic hydroxyl groups excluding tert-OH is 1. The van der Waals surface area contributed by atoms with Crippen molar-refractivity contribution in [1.82, 2.24) is 9.97 Å². The Balaban J connectivity index is 0.000000331. The third kappa shape index (κ3) is 8.13. The predicted octanol–water partition coefficient (Wildman–Crippen LogP) is 10.1. The molecule has 4 nitrogen and oxygen atoms in total. The zero-order valence-electron chi connectivity index (χ0n) is 28.6. The summed E-state index contributed by atoms with van der Waals surface area (Å²) in [6.45, 7) is 23.5. The van der Waals surface area contributed by atoms with E-state index in [0.29, 0.717) is 0 Å². The van der Waals surface area contributed by atoms with E-state index in [1.165, 1.54) is 27.6 Å². The first-order chi connectivity index (χ1) is 20.1. The van der Waals surface area contributed by atoms with Crippen molar-refractivity contribution in [2.24, 2.45) is 10.8 Å². The molecule has 0 saturated carbocycles. The second-order valence-electron chi connectivity index (χ2n) is 13.5. The Morgan fingerprint density at radius 3 is 2.07 bits per heavy atom. The van der Waals surface area contributed by atoms with Gasteiger partial charge in [-0.3, -0.25) is 9.78 Å². The van der Waals surface area contributed by atoms with Crippen molar-refractivity contribution in [3.63, 3.8) is 0 Å². The van der Waals surface area contributed by atoms with Gasteiger partial charge < -0.3 is 5.11 Å². The molecule has 239 valence electrons. The second-order valence-corrected chi connectivity index (χ2v) is 18.6. The summed E-state index contributed by atoms with van der Waals surface area (Å²) in [6, 6.07) is 18.8. The molecule has 0 aliphatic heterocycles. The Hall–Kier alpha value is -2.66. The third-order valence-corrected chi connectivity index (χ3v) is 11.5. The Morgan fingerprint density at radius 1 is 0.909 bits per heavy atom. The molecule has 44 heavy (non-hydrogen) atoms. The van der Waals surface area contributed by atoms with Gasteiger partial charge in [0.2, 0.25) is 0 Å². The topological polar surface area (TPSA) is 63.1 Å². The number of hydrogen-bond donors (Lipinski definition) is 1. The maximum Gasteiger partial charge on any atom is 0.164 e. The summed E-state index contributed by atoms with van der Waals surface area (Å²) in [5, 5.41) is 15.2. The van der Waals surface area contributed by atoms with Gasteiger partial charge in [0.05, 0.1) is 13.6 Å². The predicted molar refractivity (Wildman–Crippen MR) is 187 cm³/mol. The molecular formula is C38H51IrN2O2Si-. The molecule has 1 aromatic heterocycles. The van der Waals surface area contributed by atoms with Crippen LogP contribution in [0.5, 0.6) is 0 Å². The Kier molecular flexibility index (Phi) is 12.9. The van der Waals surface area contributed by atoms with Gasteiger partial charge in [0.1, 0.15) is 12.1 Å². The largest absolute Gasteiger partial charge is 0.512 e. The van der Waals surface area contributed by atoms with E-state index in [0.717, 1.165) is 53.4 Å². The minimum Gasteiger partial charge on any atom is -0.512 e. The van der Waals surface area contributed by atoms with E-state index in [2.05, 4.69) is 87.0 Å². The van der Waals surface area contributed by atoms with Crippen LogP contribution in [0.2, 0.25) is 19.6 Å². The van der Waals surface area contributed by atoms with Crippen LogP contribution >= 0.6 is 0 Å². The molecule has 0 unspecified atom stereocenters. The number of allylic oxidation sites excluding steroid dienone is 2. The molecule has 4 aromatic rings. The van der Waals surface area contributed by atoms with Crippen LogP contribution in [0.1, 0.15) is 78.4 Å². The number of hydrogen-bond acceptors (Lipinski definition) is 4. The van der Waals surface area contributed by atoms with Crippen LogP contribution < -0.4 is 5.19 Å². The van der Waals surface area contributed by atoms with Gasteiger partial charge in [-0.25, -0.2) is 4.98 Å². The minimum atomic E-state index is -1.50. The van der Waals surface area contributed by atoms with Crippen LogP contribution in [0.3, 0.4) is 0 Å². The average molecular weight is 788 g/mol. The normalized spacial score (nSPS) is 12.5. The summed E-state index contributed by atoms with van der Waals surface area (Å²) in [6.07, 6.45) is 6.45. The maximum atomic E-state index is 12.2.